The van der Waals surface area contributed by atoms with Gasteiger partial charge in [-0.05, 0) is 173 Å². The molecule has 4 aromatic rings. The van der Waals surface area contributed by atoms with Crippen molar-refractivity contribution in [1.29, 1.82) is 0 Å². The van der Waals surface area contributed by atoms with E-state index in [1.807, 2.05) is 36.4 Å². The van der Waals surface area contributed by atoms with Crippen molar-refractivity contribution in [3.8, 4) is 84.0 Å². The van der Waals surface area contributed by atoms with Crippen LogP contribution in [0.3, 0.4) is 0 Å². The van der Waals surface area contributed by atoms with Gasteiger partial charge in [0.15, 0.2) is 0 Å². The van der Waals surface area contributed by atoms with Gasteiger partial charge in [0.2, 0.25) is 0 Å². The first-order chi connectivity index (χ1) is 32.5. The van der Waals surface area contributed by atoms with Gasteiger partial charge in [-0.25, -0.2) is 0 Å². The van der Waals surface area contributed by atoms with E-state index < -0.39 is 0 Å². The Labute approximate surface area is 387 Å². The zero-order chi connectivity index (χ0) is 44.8. The van der Waals surface area contributed by atoms with Gasteiger partial charge in [-0.1, -0.05) is 164 Å². The summed E-state index contributed by atoms with van der Waals surface area (Å²) in [5.74, 6) is 2.53. The highest BCUT2D eigenvalue weighted by atomic mass is 16.5. The minimum atomic E-state index is 0.842. The van der Waals surface area contributed by atoms with E-state index in [-0.39, 0.29) is 0 Å². The van der Waals surface area contributed by atoms with Crippen LogP contribution in [0, 0.1) is 0 Å². The molecule has 3 heteroatoms. The zero-order valence-electron chi connectivity index (χ0n) is 37.2. The van der Waals surface area contributed by atoms with Gasteiger partial charge in [0, 0.05) is 0 Å². The lowest BCUT2D eigenvalue weighted by Gasteiger charge is -2.12. The van der Waals surface area contributed by atoms with Crippen molar-refractivity contribution in [1.82, 2.24) is 0 Å². The second-order valence-corrected chi connectivity index (χ2v) is 16.4. The molecule has 4 aromatic carbocycles. The molecule has 10 rings (SSSR count). The Balaban J connectivity index is 1.16. The van der Waals surface area contributed by atoms with Crippen LogP contribution in [0.25, 0.3) is 103 Å². The molecule has 6 aliphatic rings. The van der Waals surface area contributed by atoms with Crippen molar-refractivity contribution in [2.45, 2.75) is 0 Å². The Kier molecular flexibility index (Phi) is 11.8. The molecular weight excluding hydrogens is 805 g/mol. The Morgan fingerprint density at radius 3 is 0.758 bits per heavy atom. The largest absolute Gasteiger partial charge is 0.497 e. The van der Waals surface area contributed by atoms with Crippen molar-refractivity contribution < 1.29 is 14.2 Å². The number of hydrogen-bond acceptors (Lipinski definition) is 3. The van der Waals surface area contributed by atoms with Crippen LogP contribution in [-0.4, -0.2) is 21.3 Å². The summed E-state index contributed by atoms with van der Waals surface area (Å²) in [7, 11) is 5.09. The number of methoxy groups -OCH3 is 3. The van der Waals surface area contributed by atoms with Gasteiger partial charge in [0.05, 0.1) is 21.3 Å². The van der Waals surface area contributed by atoms with E-state index in [0.717, 1.165) is 67.3 Å². The molecule has 0 aliphatic heterocycles. The van der Waals surface area contributed by atoms with E-state index in [0.29, 0.717) is 0 Å². The molecule has 66 heavy (non-hydrogen) atoms. The molecule has 0 aromatic heterocycles. The molecule has 0 atom stereocenters. The highest BCUT2D eigenvalue weighted by molar-refractivity contribution is 6.02. The maximum atomic E-state index is 5.43. The second-order valence-electron chi connectivity index (χ2n) is 16.4. The monoisotopic (exact) mass is 852 g/mol. The Morgan fingerprint density at radius 1 is 0.242 bits per heavy atom. The standard InChI is InChI=1S/C63H48O3/c1-64-52-31-22-43(23-32-52)19-28-46-40-61(58-16-10-4-7-13-55(46)58)49-37-50(62-41-47(56-14-8-5-11-17-59(56)62)29-20-44-24-33-53(65-2)34-25-44)39-51(38-49)63-42-48(57-15-9-6-12-18-60(57)63)30-21-45-26-35-54(66-3)36-27-45/h4-42H,1-3H3/b28-19+,29-20+,30-21+. The quantitative estimate of drug-likeness (QED) is 0.123. The first-order valence-corrected chi connectivity index (χ1v) is 22.2. The summed E-state index contributed by atoms with van der Waals surface area (Å²) < 4.78 is 16.3. The van der Waals surface area contributed by atoms with Crippen LogP contribution in [0.4, 0.5) is 0 Å². The van der Waals surface area contributed by atoms with Gasteiger partial charge in [-0.3, -0.25) is 0 Å². The van der Waals surface area contributed by atoms with Crippen molar-refractivity contribution in [2.75, 3.05) is 21.3 Å². The lowest BCUT2D eigenvalue weighted by molar-refractivity contribution is 0.414. The molecule has 0 saturated heterocycles. The molecule has 0 radical (unpaired) electrons. The zero-order valence-corrected chi connectivity index (χ0v) is 37.2. The lowest BCUT2D eigenvalue weighted by Crippen LogP contribution is -1.86. The third kappa shape index (κ3) is 8.63. The molecule has 0 spiro atoms. The first kappa shape index (κ1) is 41.6. The van der Waals surface area contributed by atoms with E-state index in [1.165, 1.54) is 50.1 Å². The van der Waals surface area contributed by atoms with Crippen LogP contribution in [0.5, 0.6) is 17.2 Å². The molecule has 0 heterocycles. The van der Waals surface area contributed by atoms with Gasteiger partial charge in [0.1, 0.15) is 17.2 Å². The first-order valence-electron chi connectivity index (χ1n) is 22.2. The normalized spacial score (nSPS) is 11.7. The summed E-state index contributed by atoms with van der Waals surface area (Å²) in [6.45, 7) is 0. The maximum absolute atomic E-state index is 5.43. The van der Waals surface area contributed by atoms with E-state index in [9.17, 15) is 0 Å². The van der Waals surface area contributed by atoms with E-state index in [2.05, 4.69) is 200 Å². The van der Waals surface area contributed by atoms with Gasteiger partial charge in [-0.2, -0.15) is 0 Å². The summed E-state index contributed by atoms with van der Waals surface area (Å²) in [6.07, 6.45) is 13.2. The number of benzene rings is 4. The van der Waals surface area contributed by atoms with Gasteiger partial charge >= 0.3 is 0 Å². The van der Waals surface area contributed by atoms with Gasteiger partial charge < -0.3 is 14.2 Å². The minimum Gasteiger partial charge on any atom is -0.497 e. The van der Waals surface area contributed by atoms with Crippen molar-refractivity contribution in [3.63, 3.8) is 0 Å². The smallest absolute Gasteiger partial charge is 0.118 e. The van der Waals surface area contributed by atoms with Gasteiger partial charge in [-0.15, -0.1) is 0 Å². The second kappa shape index (κ2) is 18.8. The van der Waals surface area contributed by atoms with Crippen LogP contribution < -0.4 is 14.2 Å². The summed E-state index contributed by atoms with van der Waals surface area (Å²) in [4.78, 5) is 0. The SMILES string of the molecule is COc1ccc(/C=C/c2cc(-c3cc(-c4cc(/C=C/c5ccc(OC)cc5)c5cccccc4-5)cc(-c4cc(/C=C/c5ccc(OC)cc5)c5cccccc4-5)c3)c3cccccc2-3)cc1. The van der Waals surface area contributed by atoms with E-state index in [1.54, 1.807) is 21.3 Å². The molecule has 0 unspecified atom stereocenters. The Morgan fingerprint density at radius 2 is 0.500 bits per heavy atom. The molecule has 318 valence electrons. The summed E-state index contributed by atoms with van der Waals surface area (Å²) in [5, 5.41) is 0. The Bertz CT molecular complexity index is 2910. The minimum absolute atomic E-state index is 0.842. The van der Waals surface area contributed by atoms with Gasteiger partial charge in [0.25, 0.3) is 0 Å². The molecule has 3 nitrogen and oxygen atoms in total. The Hall–Kier alpha value is -8.40. The fourth-order valence-corrected chi connectivity index (χ4v) is 8.96. The molecule has 0 saturated carbocycles. The fraction of sp³-hybridized carbons (Fsp3) is 0.0476. The van der Waals surface area contributed by atoms with E-state index in [4.69, 9.17) is 14.2 Å². The van der Waals surface area contributed by atoms with Crippen LogP contribution in [0.2, 0.25) is 0 Å². The summed E-state index contributed by atoms with van der Waals surface area (Å²) in [5.41, 5.74) is 21.0. The maximum Gasteiger partial charge on any atom is 0.118 e. The third-order valence-electron chi connectivity index (χ3n) is 12.4. The number of ether oxygens (including phenoxy) is 3. The van der Waals surface area contributed by atoms with Crippen molar-refractivity contribution in [3.05, 3.63) is 234 Å². The van der Waals surface area contributed by atoms with E-state index >= 15 is 0 Å². The average molecular weight is 853 g/mol. The number of fused-ring (bicyclic) bond motifs is 3. The van der Waals surface area contributed by atoms with Crippen molar-refractivity contribution >= 4 is 36.5 Å². The topological polar surface area (TPSA) is 27.7 Å². The molecule has 0 fully saturated rings. The highest BCUT2D eigenvalue weighted by Crippen LogP contribution is 2.47. The van der Waals surface area contributed by atoms with Crippen LogP contribution >= 0.6 is 0 Å². The van der Waals surface area contributed by atoms with Crippen LogP contribution in [0.15, 0.2) is 200 Å². The molecular formula is C63H48O3. The summed E-state index contributed by atoms with van der Waals surface area (Å²) >= 11 is 0. The fourth-order valence-electron chi connectivity index (χ4n) is 8.96. The average Bonchev–Trinajstić information content (AvgIpc) is 3.71. The molecule has 6 aliphatic carbocycles. The number of rotatable bonds is 12. The predicted octanol–water partition coefficient (Wildman–Crippen LogP) is 16.5. The number of hydrogen-bond donors (Lipinski definition) is 0. The van der Waals surface area contributed by atoms with Crippen LogP contribution in [0.1, 0.15) is 33.4 Å². The third-order valence-corrected chi connectivity index (χ3v) is 12.4. The van der Waals surface area contributed by atoms with Crippen molar-refractivity contribution in [2.24, 2.45) is 0 Å². The molecule has 0 N–H and O–H groups in total. The highest BCUT2D eigenvalue weighted by Gasteiger charge is 2.22. The van der Waals surface area contributed by atoms with Crippen LogP contribution in [-0.2, 0) is 0 Å². The predicted molar refractivity (Wildman–Crippen MR) is 278 cm³/mol. The summed E-state index contributed by atoms with van der Waals surface area (Å²) in [6, 6.07) is 71.4. The molecule has 0 bridgehead atoms. The lowest BCUT2D eigenvalue weighted by atomic mass is 9.91. The molecule has 0 amide bonds.